The number of aromatic nitrogens is 3. The summed E-state index contributed by atoms with van der Waals surface area (Å²) in [6.07, 6.45) is 6.83. The van der Waals surface area contributed by atoms with Gasteiger partial charge in [0.2, 0.25) is 5.91 Å². The van der Waals surface area contributed by atoms with Crippen LogP contribution in [0.25, 0.3) is 16.8 Å². The summed E-state index contributed by atoms with van der Waals surface area (Å²) in [5, 5.41) is 7.46. The third-order valence-electron chi connectivity index (χ3n) is 4.58. The van der Waals surface area contributed by atoms with E-state index in [2.05, 4.69) is 32.4 Å². The fourth-order valence-electron chi connectivity index (χ4n) is 3.46. The Balaban J connectivity index is 1.50. The van der Waals surface area contributed by atoms with Crippen molar-refractivity contribution in [3.8, 4) is 11.1 Å². The minimum Gasteiger partial charge on any atom is -0.352 e. The molecule has 0 spiro atoms. The monoisotopic (exact) mass is 335 g/mol. The maximum absolute atomic E-state index is 11.2. The third-order valence-corrected chi connectivity index (χ3v) is 4.58. The summed E-state index contributed by atoms with van der Waals surface area (Å²) in [6, 6.07) is 10.4. The van der Waals surface area contributed by atoms with E-state index in [-0.39, 0.29) is 11.9 Å². The molecule has 1 unspecified atom stereocenters. The molecule has 0 aliphatic carbocycles. The van der Waals surface area contributed by atoms with Crippen LogP contribution in [0.5, 0.6) is 0 Å². The highest BCUT2D eigenvalue weighted by atomic mass is 16.1. The molecule has 4 rings (SSSR count). The van der Waals surface area contributed by atoms with E-state index in [1.807, 2.05) is 41.3 Å². The Morgan fingerprint density at radius 2 is 2.12 bits per heavy atom. The number of fused-ring (bicyclic) bond motifs is 1. The molecule has 1 aliphatic heterocycles. The number of carbonyl (C=O) groups excluding carboxylic acids is 1. The summed E-state index contributed by atoms with van der Waals surface area (Å²) >= 11 is 0. The first-order valence-corrected chi connectivity index (χ1v) is 8.56. The van der Waals surface area contributed by atoms with E-state index < -0.39 is 0 Å². The molecule has 1 N–H and O–H groups in total. The van der Waals surface area contributed by atoms with Crippen LogP contribution in [0, 0.1) is 0 Å². The van der Waals surface area contributed by atoms with Crippen molar-refractivity contribution in [1.82, 2.24) is 24.8 Å². The molecule has 0 radical (unpaired) electrons. The highest BCUT2D eigenvalue weighted by Gasteiger charge is 2.23. The molecule has 128 valence electrons. The van der Waals surface area contributed by atoms with Crippen molar-refractivity contribution in [2.45, 2.75) is 25.9 Å². The Bertz CT molecular complexity index is 889. The van der Waals surface area contributed by atoms with Gasteiger partial charge in [0.25, 0.3) is 0 Å². The van der Waals surface area contributed by atoms with Gasteiger partial charge in [-0.05, 0) is 12.0 Å². The Morgan fingerprint density at radius 1 is 1.28 bits per heavy atom. The van der Waals surface area contributed by atoms with Crippen LogP contribution in [-0.2, 0) is 11.3 Å². The van der Waals surface area contributed by atoms with Crippen LogP contribution in [0.2, 0.25) is 0 Å². The minimum atomic E-state index is 0.0416. The van der Waals surface area contributed by atoms with E-state index in [4.69, 9.17) is 0 Å². The van der Waals surface area contributed by atoms with Crippen LogP contribution in [0.1, 0.15) is 18.9 Å². The van der Waals surface area contributed by atoms with Gasteiger partial charge in [0.15, 0.2) is 5.65 Å². The van der Waals surface area contributed by atoms with Gasteiger partial charge in [0, 0.05) is 56.1 Å². The quantitative estimate of drug-likeness (QED) is 0.793. The topological polar surface area (TPSA) is 62.5 Å². The Hall–Kier alpha value is -2.73. The first kappa shape index (κ1) is 15.8. The smallest absolute Gasteiger partial charge is 0.217 e. The van der Waals surface area contributed by atoms with Crippen molar-refractivity contribution < 1.29 is 4.79 Å². The summed E-state index contributed by atoms with van der Waals surface area (Å²) in [7, 11) is 0. The van der Waals surface area contributed by atoms with Gasteiger partial charge in [0.1, 0.15) is 0 Å². The van der Waals surface area contributed by atoms with Crippen molar-refractivity contribution in [2.24, 2.45) is 0 Å². The Labute approximate surface area is 146 Å². The van der Waals surface area contributed by atoms with Crippen LogP contribution in [0.15, 0.2) is 48.9 Å². The number of nitrogens with one attached hydrogen (secondary N) is 1. The van der Waals surface area contributed by atoms with Gasteiger partial charge in [0.05, 0.1) is 6.20 Å². The molecule has 1 fully saturated rings. The summed E-state index contributed by atoms with van der Waals surface area (Å²) in [5.41, 5.74) is 4.15. The summed E-state index contributed by atoms with van der Waals surface area (Å²) in [5.74, 6) is 0.0416. The maximum Gasteiger partial charge on any atom is 0.217 e. The maximum atomic E-state index is 11.2. The molecule has 1 aliphatic rings. The van der Waals surface area contributed by atoms with Gasteiger partial charge < -0.3 is 5.32 Å². The molecule has 6 nitrogen and oxygen atoms in total. The van der Waals surface area contributed by atoms with Gasteiger partial charge in [-0.15, -0.1) is 0 Å². The fourth-order valence-corrected chi connectivity index (χ4v) is 3.46. The second-order valence-electron chi connectivity index (χ2n) is 6.58. The van der Waals surface area contributed by atoms with Gasteiger partial charge in [-0.3, -0.25) is 9.69 Å². The van der Waals surface area contributed by atoms with Gasteiger partial charge >= 0.3 is 0 Å². The number of nitrogens with zero attached hydrogens (tertiary/aromatic N) is 4. The Kier molecular flexibility index (Phi) is 4.19. The summed E-state index contributed by atoms with van der Waals surface area (Å²) < 4.78 is 1.85. The third kappa shape index (κ3) is 3.39. The largest absolute Gasteiger partial charge is 0.352 e. The predicted molar refractivity (Wildman–Crippen MR) is 95.9 cm³/mol. The van der Waals surface area contributed by atoms with Crippen molar-refractivity contribution in [3.05, 3.63) is 54.5 Å². The van der Waals surface area contributed by atoms with Gasteiger partial charge in [-0.2, -0.15) is 5.10 Å². The van der Waals surface area contributed by atoms with Gasteiger partial charge in [-0.1, -0.05) is 30.3 Å². The number of carbonyl (C=O) groups is 1. The minimum absolute atomic E-state index is 0.0416. The molecule has 0 bridgehead atoms. The molecule has 25 heavy (non-hydrogen) atoms. The second-order valence-corrected chi connectivity index (χ2v) is 6.58. The van der Waals surface area contributed by atoms with E-state index in [1.54, 1.807) is 6.92 Å². The van der Waals surface area contributed by atoms with E-state index in [9.17, 15) is 4.79 Å². The first-order valence-electron chi connectivity index (χ1n) is 8.56. The van der Waals surface area contributed by atoms with E-state index in [0.717, 1.165) is 48.4 Å². The molecule has 1 amide bonds. The van der Waals surface area contributed by atoms with E-state index in [0.29, 0.717) is 0 Å². The highest BCUT2D eigenvalue weighted by Crippen LogP contribution is 2.23. The molecule has 1 atom stereocenters. The second kappa shape index (κ2) is 6.64. The Morgan fingerprint density at radius 3 is 2.92 bits per heavy atom. The van der Waals surface area contributed by atoms with E-state index in [1.165, 1.54) is 0 Å². The number of amides is 1. The number of hydrogen-bond donors (Lipinski definition) is 1. The number of likely N-dealkylation sites (tertiary alicyclic amines) is 1. The molecular formula is C19H21N5O. The van der Waals surface area contributed by atoms with Crippen molar-refractivity contribution in [2.75, 3.05) is 13.1 Å². The zero-order valence-corrected chi connectivity index (χ0v) is 14.2. The van der Waals surface area contributed by atoms with Crippen LogP contribution in [0.4, 0.5) is 0 Å². The lowest BCUT2D eigenvalue weighted by atomic mass is 10.1. The van der Waals surface area contributed by atoms with Crippen LogP contribution < -0.4 is 5.32 Å². The lowest BCUT2D eigenvalue weighted by Gasteiger charge is -2.16. The average Bonchev–Trinajstić information content (AvgIpc) is 3.21. The van der Waals surface area contributed by atoms with Crippen molar-refractivity contribution in [1.29, 1.82) is 0 Å². The average molecular weight is 335 g/mol. The molecule has 2 aromatic heterocycles. The summed E-state index contributed by atoms with van der Waals surface area (Å²) in [4.78, 5) is 18.1. The summed E-state index contributed by atoms with van der Waals surface area (Å²) in [6.45, 7) is 4.26. The fraction of sp³-hybridized carbons (Fsp3) is 0.316. The molecule has 6 heteroatoms. The predicted octanol–water partition coefficient (Wildman–Crippen LogP) is 2.11. The molecular weight excluding hydrogens is 314 g/mol. The van der Waals surface area contributed by atoms with Crippen molar-refractivity contribution >= 4 is 11.6 Å². The van der Waals surface area contributed by atoms with Gasteiger partial charge in [-0.25, -0.2) is 9.50 Å². The normalized spacial score (nSPS) is 17.9. The molecule has 0 saturated carbocycles. The van der Waals surface area contributed by atoms with Crippen LogP contribution in [-0.4, -0.2) is 44.5 Å². The molecule has 1 saturated heterocycles. The van der Waals surface area contributed by atoms with Crippen molar-refractivity contribution in [3.63, 3.8) is 0 Å². The SMILES string of the molecule is CC(=O)NC1CCN(Cc2cnc3c(-c4ccccc4)cnn3c2)C1. The highest BCUT2D eigenvalue weighted by molar-refractivity contribution is 5.76. The van der Waals surface area contributed by atoms with Crippen LogP contribution in [0.3, 0.4) is 0 Å². The van der Waals surface area contributed by atoms with Crippen LogP contribution >= 0.6 is 0 Å². The zero-order chi connectivity index (χ0) is 17.2. The first-order chi connectivity index (χ1) is 12.2. The lowest BCUT2D eigenvalue weighted by molar-refractivity contribution is -0.119. The molecule has 3 aromatic rings. The zero-order valence-electron chi connectivity index (χ0n) is 14.2. The number of hydrogen-bond acceptors (Lipinski definition) is 4. The van der Waals surface area contributed by atoms with E-state index >= 15 is 0 Å². The molecule has 3 heterocycles. The number of rotatable bonds is 4. The lowest BCUT2D eigenvalue weighted by Crippen LogP contribution is -2.35. The molecule has 1 aromatic carbocycles. The standard InChI is InChI=1S/C19H21N5O/c1-14(25)22-17-7-8-23(13-17)11-15-9-20-19-18(10-21-24(19)12-15)16-5-3-2-4-6-16/h2-6,9-10,12,17H,7-8,11,13H2,1H3,(H,22,25). The number of benzene rings is 1.